The quantitative estimate of drug-likeness (QED) is 0.772. The number of nitrogens with zero attached hydrogens (tertiary/aromatic N) is 3. The Kier molecular flexibility index (Phi) is 6.28. The largest absolute Gasteiger partial charge is 0.309 e. The molecule has 0 aromatic carbocycles. The molecule has 2 heterocycles. The Morgan fingerprint density at radius 1 is 1.00 bits per heavy atom. The summed E-state index contributed by atoms with van der Waals surface area (Å²) in [6.45, 7) is 8.18. The van der Waals surface area contributed by atoms with Crippen LogP contribution in [0.1, 0.15) is 39.5 Å². The minimum absolute atomic E-state index is 0.469. The molecule has 0 N–H and O–H groups in total. The Labute approximate surface area is 136 Å². The number of rotatable bonds is 5. The molecule has 2 fully saturated rings. The van der Waals surface area contributed by atoms with Crippen LogP contribution in [0, 0.1) is 17.8 Å². The van der Waals surface area contributed by atoms with Gasteiger partial charge in [-0.05, 0) is 64.1 Å². The van der Waals surface area contributed by atoms with Gasteiger partial charge in [0.05, 0.1) is 0 Å². The zero-order chi connectivity index (χ0) is 16.3. The van der Waals surface area contributed by atoms with E-state index in [0.717, 1.165) is 25.8 Å². The number of hydrogen-bond donors (Lipinski definition) is 0. The molecule has 0 bridgehead atoms. The zero-order valence-electron chi connectivity index (χ0n) is 14.7. The second-order valence-electron chi connectivity index (χ2n) is 7.71. The van der Waals surface area contributed by atoms with E-state index in [4.69, 9.17) is 0 Å². The molecule has 0 aliphatic carbocycles. The van der Waals surface area contributed by atoms with Gasteiger partial charge in [-0.3, -0.25) is 0 Å². The number of piperidine rings is 2. The lowest BCUT2D eigenvalue weighted by Gasteiger charge is -2.39. The maximum absolute atomic E-state index is 12.8. The molecule has 22 heavy (non-hydrogen) atoms. The molecule has 2 rings (SSSR count). The molecular formula is C16H33N3O2S. The van der Waals surface area contributed by atoms with Crippen LogP contribution < -0.4 is 0 Å². The van der Waals surface area contributed by atoms with Crippen LogP contribution in [-0.2, 0) is 10.2 Å². The standard InChI is InChI=1S/C16H33N3O2S/c1-14-11-15(2)13-19(12-14)22(20,21)18-9-6-16(7-10-18)5-8-17(3)4/h14-16H,5-13H2,1-4H3. The summed E-state index contributed by atoms with van der Waals surface area (Å²) in [6.07, 6.45) is 4.33. The van der Waals surface area contributed by atoms with E-state index in [-0.39, 0.29) is 0 Å². The first-order valence-electron chi connectivity index (χ1n) is 8.69. The highest BCUT2D eigenvalue weighted by molar-refractivity contribution is 7.86. The second-order valence-corrected chi connectivity index (χ2v) is 9.63. The Morgan fingerprint density at radius 2 is 1.55 bits per heavy atom. The Balaban J connectivity index is 1.89. The van der Waals surface area contributed by atoms with E-state index in [1.165, 1.54) is 6.42 Å². The van der Waals surface area contributed by atoms with Gasteiger partial charge in [0.2, 0.25) is 0 Å². The van der Waals surface area contributed by atoms with Crippen molar-refractivity contribution in [3.63, 3.8) is 0 Å². The van der Waals surface area contributed by atoms with Gasteiger partial charge in [0.15, 0.2) is 0 Å². The van der Waals surface area contributed by atoms with E-state index in [1.54, 1.807) is 8.61 Å². The predicted molar refractivity (Wildman–Crippen MR) is 90.9 cm³/mol. The summed E-state index contributed by atoms with van der Waals surface area (Å²) in [4.78, 5) is 2.21. The molecule has 130 valence electrons. The van der Waals surface area contributed by atoms with Crippen LogP contribution >= 0.6 is 0 Å². The summed E-state index contributed by atoms with van der Waals surface area (Å²) in [5.74, 6) is 1.61. The molecule has 5 nitrogen and oxygen atoms in total. The topological polar surface area (TPSA) is 43.9 Å². The van der Waals surface area contributed by atoms with Gasteiger partial charge in [0, 0.05) is 26.2 Å². The van der Waals surface area contributed by atoms with Crippen LogP contribution in [0.4, 0.5) is 0 Å². The SMILES string of the molecule is CC1CC(C)CN(S(=O)(=O)N2CCC(CCN(C)C)CC2)C1. The molecule has 0 amide bonds. The van der Waals surface area contributed by atoms with Gasteiger partial charge in [0.25, 0.3) is 10.2 Å². The van der Waals surface area contributed by atoms with Crippen molar-refractivity contribution in [2.45, 2.75) is 39.5 Å². The first-order chi connectivity index (χ1) is 10.3. The number of hydrogen-bond acceptors (Lipinski definition) is 3. The van der Waals surface area contributed by atoms with E-state index < -0.39 is 10.2 Å². The van der Waals surface area contributed by atoms with Crippen LogP contribution in [0.5, 0.6) is 0 Å². The van der Waals surface area contributed by atoms with Gasteiger partial charge < -0.3 is 4.90 Å². The molecule has 2 aliphatic heterocycles. The summed E-state index contributed by atoms with van der Waals surface area (Å²) >= 11 is 0. The van der Waals surface area contributed by atoms with E-state index in [1.807, 2.05) is 0 Å². The summed E-state index contributed by atoms with van der Waals surface area (Å²) in [5, 5.41) is 0. The lowest BCUT2D eigenvalue weighted by molar-refractivity contribution is 0.191. The minimum atomic E-state index is -3.25. The maximum Gasteiger partial charge on any atom is 0.281 e. The van der Waals surface area contributed by atoms with Crippen LogP contribution in [0.25, 0.3) is 0 Å². The molecule has 2 unspecified atom stereocenters. The van der Waals surface area contributed by atoms with Crippen molar-refractivity contribution < 1.29 is 8.42 Å². The van der Waals surface area contributed by atoms with E-state index in [2.05, 4.69) is 32.8 Å². The van der Waals surface area contributed by atoms with Crippen molar-refractivity contribution in [1.29, 1.82) is 0 Å². The van der Waals surface area contributed by atoms with Gasteiger partial charge >= 0.3 is 0 Å². The van der Waals surface area contributed by atoms with Gasteiger partial charge in [-0.15, -0.1) is 0 Å². The van der Waals surface area contributed by atoms with Gasteiger partial charge in [-0.2, -0.15) is 17.0 Å². The lowest BCUT2D eigenvalue weighted by atomic mass is 9.94. The fourth-order valence-corrected chi connectivity index (χ4v) is 5.71. The summed E-state index contributed by atoms with van der Waals surface area (Å²) in [5.41, 5.74) is 0. The van der Waals surface area contributed by atoms with Crippen LogP contribution in [0.3, 0.4) is 0 Å². The third-order valence-electron chi connectivity index (χ3n) is 5.05. The molecule has 0 saturated carbocycles. The lowest BCUT2D eigenvalue weighted by Crippen LogP contribution is -2.51. The molecular weight excluding hydrogens is 298 g/mol. The molecule has 0 aromatic heterocycles. The van der Waals surface area contributed by atoms with Crippen molar-refractivity contribution in [2.24, 2.45) is 17.8 Å². The van der Waals surface area contributed by atoms with Crippen LogP contribution in [-0.4, -0.2) is 68.7 Å². The highest BCUT2D eigenvalue weighted by atomic mass is 32.2. The van der Waals surface area contributed by atoms with E-state index in [0.29, 0.717) is 43.9 Å². The van der Waals surface area contributed by atoms with Gasteiger partial charge in [-0.1, -0.05) is 13.8 Å². The monoisotopic (exact) mass is 331 g/mol. The van der Waals surface area contributed by atoms with Gasteiger partial charge in [0.1, 0.15) is 0 Å². The first kappa shape index (κ1) is 18.2. The summed E-state index contributed by atoms with van der Waals surface area (Å²) in [7, 11) is 0.942. The molecule has 2 saturated heterocycles. The molecule has 0 radical (unpaired) electrons. The predicted octanol–water partition coefficient (Wildman–Crippen LogP) is 1.87. The molecule has 2 aliphatic rings. The van der Waals surface area contributed by atoms with Crippen molar-refractivity contribution in [3.05, 3.63) is 0 Å². The Hall–Kier alpha value is -0.170. The second kappa shape index (κ2) is 7.60. The minimum Gasteiger partial charge on any atom is -0.309 e. The van der Waals surface area contributed by atoms with Crippen molar-refractivity contribution >= 4 is 10.2 Å². The normalized spacial score (nSPS) is 30.0. The fraction of sp³-hybridized carbons (Fsp3) is 1.00. The van der Waals surface area contributed by atoms with Crippen molar-refractivity contribution in [2.75, 3.05) is 46.8 Å². The van der Waals surface area contributed by atoms with E-state index in [9.17, 15) is 8.42 Å². The zero-order valence-corrected chi connectivity index (χ0v) is 15.5. The highest BCUT2D eigenvalue weighted by Gasteiger charge is 2.36. The Morgan fingerprint density at radius 3 is 2.05 bits per heavy atom. The fourth-order valence-electron chi connectivity index (χ4n) is 3.83. The molecule has 0 spiro atoms. The van der Waals surface area contributed by atoms with Crippen molar-refractivity contribution in [3.8, 4) is 0 Å². The molecule has 2 atom stereocenters. The maximum atomic E-state index is 12.8. The van der Waals surface area contributed by atoms with Crippen LogP contribution in [0.2, 0.25) is 0 Å². The van der Waals surface area contributed by atoms with Crippen molar-refractivity contribution in [1.82, 2.24) is 13.5 Å². The first-order valence-corrected chi connectivity index (χ1v) is 10.1. The Bertz CT molecular complexity index is 434. The average molecular weight is 332 g/mol. The van der Waals surface area contributed by atoms with Crippen LogP contribution in [0.15, 0.2) is 0 Å². The summed E-state index contributed by atoms with van der Waals surface area (Å²) < 4.78 is 29.2. The smallest absolute Gasteiger partial charge is 0.281 e. The van der Waals surface area contributed by atoms with E-state index >= 15 is 0 Å². The summed E-state index contributed by atoms with van der Waals surface area (Å²) in [6, 6.07) is 0. The highest BCUT2D eigenvalue weighted by Crippen LogP contribution is 2.28. The average Bonchev–Trinajstić information content (AvgIpc) is 2.44. The third-order valence-corrected chi connectivity index (χ3v) is 7.01. The molecule has 0 aromatic rings. The molecule has 6 heteroatoms. The third kappa shape index (κ3) is 4.66. The van der Waals surface area contributed by atoms with Gasteiger partial charge in [-0.25, -0.2) is 0 Å².